The van der Waals surface area contributed by atoms with Crippen LogP contribution >= 0.6 is 241 Å². The van der Waals surface area contributed by atoms with Crippen molar-refractivity contribution >= 4 is 258 Å². The predicted molar refractivity (Wildman–Crippen MR) is 295 cm³/mol. The molecule has 4 aliphatic rings. The van der Waals surface area contributed by atoms with E-state index in [0.717, 1.165) is 12.8 Å². The number of alkyl halides is 8. The smallest absolute Gasteiger partial charge is 0 e. The van der Waals surface area contributed by atoms with Crippen molar-refractivity contribution in [3.05, 3.63) is 63.7 Å². The summed E-state index contributed by atoms with van der Waals surface area (Å²) >= 11 is 35.6. The Morgan fingerprint density at radius 2 is 1.12 bits per heavy atom. The van der Waals surface area contributed by atoms with Crippen molar-refractivity contribution in [1.29, 1.82) is 0 Å². The molecule has 52 heavy (non-hydrogen) atoms. The van der Waals surface area contributed by atoms with Gasteiger partial charge < -0.3 is 19.4 Å². The second kappa shape index (κ2) is 47.0. The van der Waals surface area contributed by atoms with Gasteiger partial charge in [-0.25, -0.2) is 0 Å². The van der Waals surface area contributed by atoms with Crippen LogP contribution in [0.1, 0.15) is 19.8 Å². The average Bonchev–Trinajstić information content (AvgIpc) is 3.68. The van der Waals surface area contributed by atoms with Gasteiger partial charge in [-0.2, -0.15) is 0 Å². The number of rotatable bonds is 2. The predicted octanol–water partition coefficient (Wildman–Crippen LogP) is 13.5. The number of Topliss-reactive ketones (excluding diaryl/α,β-unsaturated/α-hetero) is 3. The maximum Gasteiger partial charge on any atom is 0 e. The number of fused-ring (bicyclic) bond motifs is 4. The van der Waals surface area contributed by atoms with E-state index in [1.165, 1.54) is 4.43 Å². The molecule has 1 aromatic heterocycles. The zero-order valence-corrected chi connectivity index (χ0v) is 60.6. The molecule has 0 amide bonds. The number of aromatic nitrogens is 1. The minimum absolute atomic E-state index is 0. The Labute approximate surface area is 482 Å². The maximum atomic E-state index is 11.6. The van der Waals surface area contributed by atoms with Crippen LogP contribution in [0.15, 0.2) is 48.8 Å². The number of piperidine rings is 2. The molecule has 2 unspecified atom stereocenters. The molecule has 0 spiro atoms. The fourth-order valence-corrected chi connectivity index (χ4v) is 8.56. The van der Waals surface area contributed by atoms with Crippen molar-refractivity contribution in [2.45, 2.75) is 61.1 Å². The fourth-order valence-electron chi connectivity index (χ4n) is 4.06. The zero-order chi connectivity index (χ0) is 38.1. The number of aryl methyl sites for hydroxylation is 1. The number of carbonyl (C=O) groups excluding carboxylic acids is 3. The third-order valence-electron chi connectivity index (χ3n) is 6.25. The van der Waals surface area contributed by atoms with Crippen LogP contribution in [0.5, 0.6) is 0 Å². The van der Waals surface area contributed by atoms with Gasteiger partial charge in [-0.3, -0.25) is 24.2 Å². The van der Waals surface area contributed by atoms with E-state index in [1.807, 2.05) is 48.1 Å². The molecule has 5 rings (SSSR count). The van der Waals surface area contributed by atoms with Crippen LogP contribution in [0.4, 0.5) is 0 Å². The van der Waals surface area contributed by atoms with Gasteiger partial charge in [0.1, 0.15) is 13.3 Å². The van der Waals surface area contributed by atoms with Gasteiger partial charge in [0.2, 0.25) is 0 Å². The van der Waals surface area contributed by atoms with Gasteiger partial charge >= 0.3 is 114 Å². The molecule has 4 aliphatic heterocycles. The normalized spacial score (nSPS) is 22.5. The summed E-state index contributed by atoms with van der Waals surface area (Å²) in [6.45, 7) is 2.11. The van der Waals surface area contributed by atoms with E-state index < -0.39 is 0 Å². The first-order valence-electron chi connectivity index (χ1n) is 13.4. The Bertz CT molecular complexity index is 1030. The second-order valence-corrected chi connectivity index (χ2v) is 66.0. The summed E-state index contributed by atoms with van der Waals surface area (Å²) in [5.41, 5.74) is 0. The Kier molecular flexibility index (Phi) is 67.2. The number of ketones is 3. The second-order valence-electron chi connectivity index (χ2n) is 9.24. The Hall–Kier alpha value is 7.99. The molecule has 4 bridgehead atoms. The van der Waals surface area contributed by atoms with Crippen LogP contribution in [-0.4, -0.2) is 96.5 Å². The molecule has 6 atom stereocenters. The van der Waals surface area contributed by atoms with Gasteiger partial charge in [-0.1, -0.05) is 172 Å². The van der Waals surface area contributed by atoms with E-state index in [9.17, 15) is 14.4 Å². The minimum atomic E-state index is -0.278. The summed E-state index contributed by atoms with van der Waals surface area (Å²) in [7, 11) is 6.76. The first-order chi connectivity index (χ1) is 22.4. The first kappa shape index (κ1) is 74.3. The van der Waals surface area contributed by atoms with Crippen LogP contribution in [0.3, 0.4) is 0 Å². The van der Waals surface area contributed by atoms with Crippen molar-refractivity contribution in [1.82, 2.24) is 14.4 Å². The summed E-state index contributed by atoms with van der Waals surface area (Å²) in [4.78, 5) is 39.3. The maximum absolute atomic E-state index is 11.6. The van der Waals surface area contributed by atoms with Crippen molar-refractivity contribution in [2.75, 3.05) is 23.5 Å². The molecule has 0 saturated carbocycles. The van der Waals surface area contributed by atoms with E-state index >= 15 is 0 Å². The van der Waals surface area contributed by atoms with Gasteiger partial charge in [0.15, 0.2) is 11.6 Å². The van der Waals surface area contributed by atoms with E-state index in [2.05, 4.69) is 289 Å². The van der Waals surface area contributed by atoms with Crippen LogP contribution in [0.2, 0.25) is 0 Å². The van der Waals surface area contributed by atoms with Crippen LogP contribution in [-0.2, 0) is 72.4 Å². The molecule has 0 aromatic carbocycles. The number of likely N-dealkylation sites (N-methyl/N-ethyl adjacent to an activating group) is 2. The standard InChI is InChI=1S/C8H9Br2NO.C8H11NO.C5H7N.C3H2Br4O.C2H5I.CH3I.2CH3.Cu.5HI.2V.Zn/c1-11-4-2-3-5(11)7(10)8(12)6(4)9;1-9-6-2-3-7(9)5-8(10)4-6;1-6-4-2-3-5-6;4-2(5)1(8)3(6)7;1-2-3;1-2;;;;;;;;;;;/h2-7H,1H3;2-3,6-7H,4-5H2,1H3;2-5H,1H3;2-3H;2H2,1H3;1H3;2*1H3;;5*1H;;;/q;;;;;;2*-1;;;;;;;+2;+3;/p-5/t4-,5+,6?,7?;6-,7+;;;;;;;;;;;;;;;. The van der Waals surface area contributed by atoms with Crippen molar-refractivity contribution in [2.24, 2.45) is 7.05 Å². The molecule has 2 fully saturated rings. The van der Waals surface area contributed by atoms with E-state index in [-0.39, 0.29) is 97.1 Å². The molecular weight excluding hydrogens is 2040 g/mol. The zero-order valence-electron chi connectivity index (χ0n) is 29.2. The van der Waals surface area contributed by atoms with Gasteiger partial charge in [-0.05, 0) is 35.6 Å². The molecule has 0 aliphatic carbocycles. The van der Waals surface area contributed by atoms with Crippen molar-refractivity contribution < 1.29 is 65.3 Å². The minimum Gasteiger partial charge on any atom is 0 e. The largest absolute Gasteiger partial charge is 0 e. The Morgan fingerprint density at radius 3 is 1.33 bits per heavy atom. The van der Waals surface area contributed by atoms with Gasteiger partial charge in [0.05, 0.1) is 9.65 Å². The summed E-state index contributed by atoms with van der Waals surface area (Å²) in [5.74, 6) is 0.691. The Balaban J connectivity index is -0.0000000937. The number of hydrogen-bond acceptors (Lipinski definition) is 5. The van der Waals surface area contributed by atoms with Crippen LogP contribution < -0.4 is 0 Å². The number of carbonyl (C=O) groups is 3. The van der Waals surface area contributed by atoms with Crippen LogP contribution in [0, 0.1) is 14.9 Å². The monoisotopic (exact) mass is 2070 g/mol. The van der Waals surface area contributed by atoms with E-state index in [4.69, 9.17) is 0 Å². The molecular formula is C29H43Br6CuI7N3O3V2Zn-2. The number of hydrogen-bond donors (Lipinski definition) is 0. The SMILES string of the molecule is CCI.CI.CN1[C@@H]2C=C[C@H]1C(Br)C(=O)C2Br.CN1[C@@H]2C=C[C@H]1CC(=O)C2.Cn1cccc1.O=C(C(Br)Br)C(Br)Br.[CH3-].[CH3-].[Cu].[I][V]([I])[I].[I][V][I].[Zn]. The molecule has 0 N–H and O–H groups in total. The Morgan fingerprint density at radius 1 is 0.827 bits per heavy atom. The molecule has 1 radical (unpaired) electrons. The summed E-state index contributed by atoms with van der Waals surface area (Å²) in [5, 5.41) is 0. The molecule has 2 saturated heterocycles. The van der Waals surface area contributed by atoms with Gasteiger partial charge in [0, 0.05) is 93.0 Å². The summed E-state index contributed by atoms with van der Waals surface area (Å²) in [6, 6.07) is 5.31. The molecule has 308 valence electrons. The third kappa shape index (κ3) is 35.4. The quantitative estimate of drug-likeness (QED) is 0.0971. The van der Waals surface area contributed by atoms with E-state index in [1.54, 1.807) is 0 Å². The summed E-state index contributed by atoms with van der Waals surface area (Å²) < 4.78 is 2.69. The average molecular weight is 2080 g/mol. The third-order valence-corrected chi connectivity index (χ3v) is 10.0. The van der Waals surface area contributed by atoms with Crippen molar-refractivity contribution in [3.63, 3.8) is 0 Å². The van der Waals surface area contributed by atoms with Gasteiger partial charge in [-0.15, -0.1) is 0 Å². The van der Waals surface area contributed by atoms with Crippen molar-refractivity contribution in [3.8, 4) is 0 Å². The molecule has 23 heteroatoms. The summed E-state index contributed by atoms with van der Waals surface area (Å²) in [6.07, 6.45) is 13.9. The number of halogens is 13. The molecule has 6 nitrogen and oxygen atoms in total. The molecule has 1 aromatic rings. The van der Waals surface area contributed by atoms with E-state index in [0.29, 0.717) is 27.3 Å². The molecule has 5 heterocycles. The van der Waals surface area contributed by atoms with Gasteiger partial charge in [0.25, 0.3) is 0 Å². The van der Waals surface area contributed by atoms with Crippen LogP contribution in [0.25, 0.3) is 0 Å². The number of nitrogens with zero attached hydrogens (tertiary/aromatic N) is 3. The first-order valence-corrected chi connectivity index (χ1v) is 45.1. The fraction of sp³-hybridized carbons (Fsp3) is 0.552. The topological polar surface area (TPSA) is 62.6 Å².